The Kier molecular flexibility index (Phi) is 71.3. The number of esters is 2. The normalized spacial score (nSPS) is 13.6. The highest BCUT2D eigenvalue weighted by Gasteiger charge is 2.27. The number of allylic oxidation sites excluding steroid dienone is 18. The fraction of sp³-hybridized carbons (Fsp3) is 0.762. The van der Waals surface area contributed by atoms with Crippen LogP contribution < -0.4 is 0 Å². The average molecular weight is 1330 g/mol. The van der Waals surface area contributed by atoms with E-state index in [9.17, 15) is 19.0 Å². The summed E-state index contributed by atoms with van der Waals surface area (Å²) in [5, 5.41) is 0. The van der Waals surface area contributed by atoms with Crippen molar-refractivity contribution in [3.8, 4) is 0 Å². The highest BCUT2D eigenvalue weighted by molar-refractivity contribution is 7.47. The zero-order valence-corrected chi connectivity index (χ0v) is 63.1. The lowest BCUT2D eigenvalue weighted by molar-refractivity contribution is -0.870. The van der Waals surface area contributed by atoms with Crippen molar-refractivity contribution in [2.24, 2.45) is 0 Å². The van der Waals surface area contributed by atoms with Gasteiger partial charge in [0.1, 0.15) is 19.8 Å². The molecule has 1 N–H and O–H groups in total. The Bertz CT molecular complexity index is 1960. The van der Waals surface area contributed by atoms with Crippen molar-refractivity contribution in [3.63, 3.8) is 0 Å². The Hall–Kier alpha value is -3.33. The summed E-state index contributed by atoms with van der Waals surface area (Å²) < 4.78 is 34.8. The summed E-state index contributed by atoms with van der Waals surface area (Å²) in [4.78, 5) is 36.0. The van der Waals surface area contributed by atoms with Crippen LogP contribution in [0.5, 0.6) is 0 Å². The fourth-order valence-electron chi connectivity index (χ4n) is 11.3. The minimum atomic E-state index is -4.40. The van der Waals surface area contributed by atoms with Crippen molar-refractivity contribution in [3.05, 3.63) is 109 Å². The SMILES string of the molecule is CC/C=C\C/C=C\C/C=C\C/C=C\C/C=C\C/C=C\CCCCCCCCCCCCC(=O)OC(COC(=O)CCCCCCCCCCCCCCCCCCCCCCCCCCCC/C=C\C/C=C\C/C=C\CCCCCCC)COP(=O)(O)OCC[N+](C)(C)C. The Labute approximate surface area is 582 Å². The van der Waals surface area contributed by atoms with Gasteiger partial charge in [0.2, 0.25) is 0 Å². The Morgan fingerprint density at radius 2 is 0.606 bits per heavy atom. The second-order valence-electron chi connectivity index (χ2n) is 27.7. The minimum absolute atomic E-state index is 0.0283. The molecule has 2 unspecified atom stereocenters. The molecule has 544 valence electrons. The molecular weight excluding hydrogens is 1180 g/mol. The van der Waals surface area contributed by atoms with Crippen LogP contribution in [-0.2, 0) is 32.7 Å². The summed E-state index contributed by atoms with van der Waals surface area (Å²) in [6, 6.07) is 0. The lowest BCUT2D eigenvalue weighted by Gasteiger charge is -2.24. The second-order valence-corrected chi connectivity index (χ2v) is 29.2. The van der Waals surface area contributed by atoms with Crippen molar-refractivity contribution < 1.29 is 42.1 Å². The number of nitrogens with zero attached hydrogens (tertiary/aromatic N) is 1. The van der Waals surface area contributed by atoms with Crippen LogP contribution in [0.1, 0.15) is 361 Å². The van der Waals surface area contributed by atoms with Gasteiger partial charge in [0.15, 0.2) is 6.10 Å². The standard InChI is InChI=1S/C84H150NO8P/c1-6-8-10-12-14-16-18-20-22-24-26-28-30-32-34-36-37-38-39-40-41-42-43-44-45-46-47-49-50-52-54-56-58-60-62-64-66-68-70-72-74-76-83(86)90-80-82(81-92-94(88,89)91-79-78-85(3,4)5)93-84(87)77-75-73-71-69-67-65-63-61-59-57-55-53-51-48-35-33-31-29-27-25-23-21-19-17-15-13-11-9-7-2/h9,11,15,17-18,20-21,23-24,26-27,29-30,32-33,35,51,53,82H,6-8,10,12-14,16,19,22,25,28,31,34,36-50,52,54-81H2,1-5H3/p+1/b11-9-,17-15-,20-18-,23-21-,26-24-,29-27-,32-30-,35-33-,53-51-. The number of unbranched alkanes of at least 4 members (excludes halogenated alkanes) is 41. The molecule has 9 nitrogen and oxygen atoms in total. The van der Waals surface area contributed by atoms with Crippen molar-refractivity contribution >= 4 is 19.8 Å². The topological polar surface area (TPSA) is 108 Å². The van der Waals surface area contributed by atoms with E-state index in [4.69, 9.17) is 18.5 Å². The first-order valence-electron chi connectivity index (χ1n) is 39.6. The molecular formula is C84H151NO8P+. The summed E-state index contributed by atoms with van der Waals surface area (Å²) in [5.41, 5.74) is 0. The molecule has 0 fully saturated rings. The van der Waals surface area contributed by atoms with Gasteiger partial charge in [0.25, 0.3) is 0 Å². The van der Waals surface area contributed by atoms with Gasteiger partial charge in [-0.15, -0.1) is 0 Å². The number of rotatable bonds is 73. The van der Waals surface area contributed by atoms with Crippen molar-refractivity contribution in [1.29, 1.82) is 0 Å². The molecule has 0 aliphatic heterocycles. The van der Waals surface area contributed by atoms with Crippen molar-refractivity contribution in [2.45, 2.75) is 367 Å². The van der Waals surface area contributed by atoms with Crippen molar-refractivity contribution in [2.75, 3.05) is 47.5 Å². The number of phosphoric ester groups is 1. The van der Waals surface area contributed by atoms with Crippen molar-refractivity contribution in [1.82, 2.24) is 0 Å². The zero-order valence-electron chi connectivity index (χ0n) is 62.2. The van der Waals surface area contributed by atoms with Gasteiger partial charge in [-0.1, -0.05) is 354 Å². The largest absolute Gasteiger partial charge is 0.472 e. The van der Waals surface area contributed by atoms with Gasteiger partial charge in [-0.2, -0.15) is 0 Å². The maximum absolute atomic E-state index is 12.9. The molecule has 0 aromatic heterocycles. The lowest BCUT2D eigenvalue weighted by atomic mass is 10.0. The molecule has 0 spiro atoms. The predicted octanol–water partition coefficient (Wildman–Crippen LogP) is 26.4. The number of carbonyl (C=O) groups is 2. The molecule has 0 heterocycles. The Balaban J connectivity index is 3.94. The number of carbonyl (C=O) groups excluding carboxylic acids is 2. The molecule has 0 bridgehead atoms. The highest BCUT2D eigenvalue weighted by Crippen LogP contribution is 2.43. The molecule has 0 saturated heterocycles. The molecule has 0 aliphatic carbocycles. The maximum Gasteiger partial charge on any atom is 0.472 e. The van der Waals surface area contributed by atoms with Crippen LogP contribution in [-0.4, -0.2) is 74.9 Å². The maximum atomic E-state index is 12.9. The number of hydrogen-bond donors (Lipinski definition) is 1. The Morgan fingerprint density at radius 3 is 0.904 bits per heavy atom. The van der Waals surface area contributed by atoms with Crippen LogP contribution in [0.2, 0.25) is 0 Å². The fourth-order valence-corrected chi connectivity index (χ4v) is 12.0. The zero-order chi connectivity index (χ0) is 68.3. The van der Waals surface area contributed by atoms with Crippen LogP contribution in [0.25, 0.3) is 0 Å². The van der Waals surface area contributed by atoms with Gasteiger partial charge in [0, 0.05) is 12.8 Å². The molecule has 0 aliphatic rings. The van der Waals surface area contributed by atoms with Gasteiger partial charge in [-0.25, -0.2) is 4.57 Å². The molecule has 0 amide bonds. The van der Waals surface area contributed by atoms with E-state index in [-0.39, 0.29) is 32.0 Å². The van der Waals surface area contributed by atoms with E-state index >= 15 is 0 Å². The van der Waals surface area contributed by atoms with Crippen LogP contribution in [0, 0.1) is 0 Å². The van der Waals surface area contributed by atoms with E-state index in [1.54, 1.807) is 0 Å². The smallest absolute Gasteiger partial charge is 0.462 e. The summed E-state index contributed by atoms with van der Waals surface area (Å²) >= 11 is 0. The van der Waals surface area contributed by atoms with E-state index < -0.39 is 26.5 Å². The molecule has 0 aromatic carbocycles. The molecule has 0 aromatic rings. The minimum Gasteiger partial charge on any atom is -0.462 e. The van der Waals surface area contributed by atoms with Gasteiger partial charge in [-0.3, -0.25) is 18.6 Å². The molecule has 2 atom stereocenters. The average Bonchev–Trinajstić information content (AvgIpc) is 1.65. The number of ether oxygens (including phenoxy) is 2. The quantitative estimate of drug-likeness (QED) is 0.0211. The summed E-state index contributed by atoms with van der Waals surface area (Å²) in [7, 11) is 1.48. The van der Waals surface area contributed by atoms with Crippen LogP contribution >= 0.6 is 7.82 Å². The molecule has 10 heteroatoms. The second kappa shape index (κ2) is 73.9. The predicted molar refractivity (Wildman–Crippen MR) is 408 cm³/mol. The molecule has 94 heavy (non-hydrogen) atoms. The van der Waals surface area contributed by atoms with E-state index in [1.165, 1.54) is 231 Å². The third-order valence-corrected chi connectivity index (χ3v) is 18.3. The van der Waals surface area contributed by atoms with Gasteiger partial charge in [0.05, 0.1) is 27.7 Å². The number of likely N-dealkylation sites (N-methyl/N-ethyl adjacent to an activating group) is 1. The summed E-state index contributed by atoms with van der Waals surface area (Å²) in [6.45, 7) is 4.34. The highest BCUT2D eigenvalue weighted by atomic mass is 31.2. The third kappa shape index (κ3) is 77.7. The number of phosphoric acid groups is 1. The van der Waals surface area contributed by atoms with Crippen LogP contribution in [0.4, 0.5) is 0 Å². The Morgan fingerprint density at radius 1 is 0.340 bits per heavy atom. The first kappa shape index (κ1) is 90.7. The monoisotopic (exact) mass is 1330 g/mol. The van der Waals surface area contributed by atoms with E-state index in [1.807, 2.05) is 21.1 Å². The van der Waals surface area contributed by atoms with E-state index in [0.29, 0.717) is 17.4 Å². The van der Waals surface area contributed by atoms with Crippen LogP contribution in [0.3, 0.4) is 0 Å². The number of quaternary nitrogens is 1. The van der Waals surface area contributed by atoms with Gasteiger partial charge in [-0.05, 0) is 103 Å². The van der Waals surface area contributed by atoms with E-state index in [0.717, 1.165) is 96.3 Å². The summed E-state index contributed by atoms with van der Waals surface area (Å²) in [5.74, 6) is -0.792. The molecule has 0 saturated carbocycles. The first-order valence-corrected chi connectivity index (χ1v) is 41.1. The van der Waals surface area contributed by atoms with Gasteiger partial charge >= 0.3 is 19.8 Å². The molecule has 0 radical (unpaired) electrons. The number of hydrogen-bond acceptors (Lipinski definition) is 7. The van der Waals surface area contributed by atoms with Crippen LogP contribution in [0.15, 0.2) is 109 Å². The lowest BCUT2D eigenvalue weighted by Crippen LogP contribution is -2.37. The summed E-state index contributed by atoms with van der Waals surface area (Å²) in [6.07, 6.45) is 105. The first-order chi connectivity index (χ1) is 46.0. The third-order valence-electron chi connectivity index (χ3n) is 17.3. The molecule has 0 rings (SSSR count). The van der Waals surface area contributed by atoms with E-state index in [2.05, 4.69) is 123 Å². The van der Waals surface area contributed by atoms with Gasteiger partial charge < -0.3 is 18.9 Å².